The predicted molar refractivity (Wildman–Crippen MR) is 83.1 cm³/mol. The maximum Gasteiger partial charge on any atom is 0.254 e. The molecule has 2 N–H and O–H groups in total. The van der Waals surface area contributed by atoms with Crippen molar-refractivity contribution < 1.29 is 14.7 Å². The lowest BCUT2D eigenvalue weighted by Crippen LogP contribution is -2.37. The van der Waals surface area contributed by atoms with Gasteiger partial charge in [-0.1, -0.05) is 17.9 Å². The number of hydrogen-bond acceptors (Lipinski definition) is 3. The molecule has 1 fully saturated rings. The molecule has 1 aliphatic heterocycles. The van der Waals surface area contributed by atoms with Crippen molar-refractivity contribution >= 4 is 11.8 Å². The van der Waals surface area contributed by atoms with E-state index in [-0.39, 0.29) is 18.4 Å². The van der Waals surface area contributed by atoms with Gasteiger partial charge in [0.25, 0.3) is 5.91 Å². The molecule has 0 spiro atoms. The summed E-state index contributed by atoms with van der Waals surface area (Å²) in [6.07, 6.45) is 0.746. The van der Waals surface area contributed by atoms with Crippen LogP contribution in [0.3, 0.4) is 0 Å². The summed E-state index contributed by atoms with van der Waals surface area (Å²) in [4.78, 5) is 25.6. The van der Waals surface area contributed by atoms with Crippen LogP contribution in [0.5, 0.6) is 0 Å². The fraction of sp³-hybridized carbons (Fsp3) is 0.412. The Kier molecular flexibility index (Phi) is 4.84. The van der Waals surface area contributed by atoms with Crippen LogP contribution in [0.25, 0.3) is 0 Å². The minimum absolute atomic E-state index is 0.0818. The molecule has 1 heterocycles. The maximum absolute atomic E-state index is 12.5. The summed E-state index contributed by atoms with van der Waals surface area (Å²) in [6.45, 7) is 4.44. The van der Waals surface area contributed by atoms with Gasteiger partial charge in [-0.3, -0.25) is 9.59 Å². The zero-order valence-electron chi connectivity index (χ0n) is 12.8. The number of hydrogen-bond donors (Lipinski definition) is 2. The molecule has 22 heavy (non-hydrogen) atoms. The molecular weight excluding hydrogens is 280 g/mol. The van der Waals surface area contributed by atoms with Crippen molar-refractivity contribution in [3.8, 4) is 11.8 Å². The lowest BCUT2D eigenvalue weighted by Gasteiger charge is -2.19. The minimum atomic E-state index is -1.08. The fourth-order valence-corrected chi connectivity index (χ4v) is 2.12. The Morgan fingerprint density at radius 3 is 2.91 bits per heavy atom. The Bertz CT molecular complexity index is 635. The third-order valence-corrected chi connectivity index (χ3v) is 3.17. The van der Waals surface area contributed by atoms with E-state index in [2.05, 4.69) is 17.2 Å². The number of carbonyl (C=O) groups is 2. The summed E-state index contributed by atoms with van der Waals surface area (Å²) in [5.74, 6) is 5.26. The van der Waals surface area contributed by atoms with E-state index in [4.69, 9.17) is 0 Å². The van der Waals surface area contributed by atoms with Gasteiger partial charge in [-0.2, -0.15) is 0 Å². The number of aliphatic hydroxyl groups is 1. The predicted octanol–water partition coefficient (Wildman–Crippen LogP) is 0.771. The highest BCUT2D eigenvalue weighted by molar-refractivity contribution is 5.97. The van der Waals surface area contributed by atoms with Crippen LogP contribution in [-0.4, -0.2) is 47.1 Å². The average molecular weight is 300 g/mol. The molecule has 0 atom stereocenters. The minimum Gasteiger partial charge on any atom is -0.378 e. The molecule has 2 amide bonds. The fourth-order valence-electron chi connectivity index (χ4n) is 2.12. The second-order valence-corrected chi connectivity index (χ2v) is 5.82. The van der Waals surface area contributed by atoms with Gasteiger partial charge in [-0.25, -0.2) is 0 Å². The number of nitrogens with one attached hydrogen (secondary N) is 1. The van der Waals surface area contributed by atoms with E-state index < -0.39 is 5.60 Å². The Hall–Kier alpha value is -2.32. The molecule has 0 saturated carbocycles. The number of amides is 2. The molecule has 116 valence electrons. The van der Waals surface area contributed by atoms with E-state index >= 15 is 0 Å². The lowest BCUT2D eigenvalue weighted by molar-refractivity contribution is -0.121. The molecule has 0 bridgehead atoms. The molecule has 5 nitrogen and oxygen atoms in total. The smallest absolute Gasteiger partial charge is 0.254 e. The van der Waals surface area contributed by atoms with Gasteiger partial charge in [0.1, 0.15) is 5.60 Å². The van der Waals surface area contributed by atoms with Crippen molar-refractivity contribution in [2.45, 2.75) is 25.9 Å². The molecular formula is C17H20N2O3. The number of nitrogens with zero attached hydrogens (tertiary/aromatic N) is 1. The normalized spacial score (nSPS) is 15.4. The summed E-state index contributed by atoms with van der Waals surface area (Å²) < 4.78 is 0. The number of benzene rings is 1. The number of carbonyl (C=O) groups excluding carboxylic acids is 2. The standard InChI is InChI=1S/C17H20N2O3/c1-17(2,22)8-7-13-5-3-6-14(11-13)16(21)19-10-4-9-18-15(20)12-19/h3,5-6,11,22H,4,9-10,12H2,1-2H3,(H,18,20). The molecule has 0 aliphatic carbocycles. The zero-order valence-corrected chi connectivity index (χ0v) is 12.8. The first-order valence-electron chi connectivity index (χ1n) is 7.27. The van der Waals surface area contributed by atoms with Gasteiger partial charge in [0.2, 0.25) is 5.91 Å². The van der Waals surface area contributed by atoms with Crippen LogP contribution < -0.4 is 5.32 Å². The van der Waals surface area contributed by atoms with E-state index in [1.54, 1.807) is 43.0 Å². The Morgan fingerprint density at radius 1 is 1.41 bits per heavy atom. The first-order chi connectivity index (χ1) is 10.3. The van der Waals surface area contributed by atoms with Gasteiger partial charge < -0.3 is 15.3 Å². The Labute approximate surface area is 130 Å². The Balaban J connectivity index is 2.19. The van der Waals surface area contributed by atoms with E-state index in [0.29, 0.717) is 24.2 Å². The molecule has 1 aliphatic rings. The van der Waals surface area contributed by atoms with Gasteiger partial charge in [-0.05, 0) is 38.5 Å². The number of rotatable bonds is 1. The first kappa shape index (κ1) is 16.1. The highest BCUT2D eigenvalue weighted by atomic mass is 16.3. The van der Waals surface area contributed by atoms with Crippen LogP contribution in [0.4, 0.5) is 0 Å². The molecule has 1 aromatic carbocycles. The molecule has 0 aromatic heterocycles. The lowest BCUT2D eigenvalue weighted by atomic mass is 10.1. The summed E-state index contributed by atoms with van der Waals surface area (Å²) in [5.41, 5.74) is 0.0765. The first-order valence-corrected chi connectivity index (χ1v) is 7.27. The van der Waals surface area contributed by atoms with Crippen molar-refractivity contribution in [3.63, 3.8) is 0 Å². The van der Waals surface area contributed by atoms with E-state index in [1.807, 2.05) is 0 Å². The third-order valence-electron chi connectivity index (χ3n) is 3.17. The van der Waals surface area contributed by atoms with Gasteiger partial charge in [0, 0.05) is 24.2 Å². The molecule has 0 radical (unpaired) electrons. The van der Waals surface area contributed by atoms with E-state index in [9.17, 15) is 14.7 Å². The third kappa shape index (κ3) is 4.61. The molecule has 0 unspecified atom stereocenters. The van der Waals surface area contributed by atoms with Crippen LogP contribution in [-0.2, 0) is 4.79 Å². The summed E-state index contributed by atoms with van der Waals surface area (Å²) in [7, 11) is 0. The molecule has 1 saturated heterocycles. The van der Waals surface area contributed by atoms with Crippen molar-refractivity contribution in [1.82, 2.24) is 10.2 Å². The maximum atomic E-state index is 12.5. The average Bonchev–Trinajstić information content (AvgIpc) is 2.68. The molecule has 1 aromatic rings. The van der Waals surface area contributed by atoms with E-state index in [0.717, 1.165) is 6.42 Å². The van der Waals surface area contributed by atoms with Gasteiger partial charge in [0.15, 0.2) is 0 Å². The van der Waals surface area contributed by atoms with Gasteiger partial charge in [-0.15, -0.1) is 0 Å². The SMILES string of the molecule is CC(C)(O)C#Cc1cccc(C(=O)N2CCCNC(=O)C2)c1. The molecule has 2 rings (SSSR count). The second-order valence-electron chi connectivity index (χ2n) is 5.82. The summed E-state index contributed by atoms with van der Waals surface area (Å²) in [6, 6.07) is 6.93. The van der Waals surface area contributed by atoms with Crippen LogP contribution in [0.1, 0.15) is 36.2 Å². The summed E-state index contributed by atoms with van der Waals surface area (Å²) >= 11 is 0. The van der Waals surface area contributed by atoms with Crippen LogP contribution >= 0.6 is 0 Å². The van der Waals surface area contributed by atoms with E-state index in [1.165, 1.54) is 0 Å². The highest BCUT2D eigenvalue weighted by Crippen LogP contribution is 2.10. The zero-order chi connectivity index (χ0) is 16.2. The van der Waals surface area contributed by atoms with Crippen LogP contribution in [0.15, 0.2) is 24.3 Å². The largest absolute Gasteiger partial charge is 0.378 e. The highest BCUT2D eigenvalue weighted by Gasteiger charge is 2.20. The monoisotopic (exact) mass is 300 g/mol. The topological polar surface area (TPSA) is 69.6 Å². The van der Waals surface area contributed by atoms with Crippen molar-refractivity contribution in [1.29, 1.82) is 0 Å². The van der Waals surface area contributed by atoms with Gasteiger partial charge in [0.05, 0.1) is 6.54 Å². The second kappa shape index (κ2) is 6.63. The van der Waals surface area contributed by atoms with Crippen molar-refractivity contribution in [2.75, 3.05) is 19.6 Å². The van der Waals surface area contributed by atoms with Crippen LogP contribution in [0, 0.1) is 11.8 Å². The van der Waals surface area contributed by atoms with Gasteiger partial charge >= 0.3 is 0 Å². The Morgan fingerprint density at radius 2 is 2.18 bits per heavy atom. The van der Waals surface area contributed by atoms with Crippen molar-refractivity contribution in [2.24, 2.45) is 0 Å². The van der Waals surface area contributed by atoms with Crippen LogP contribution in [0.2, 0.25) is 0 Å². The summed E-state index contributed by atoms with van der Waals surface area (Å²) in [5, 5.41) is 12.4. The molecule has 5 heteroatoms. The quantitative estimate of drug-likeness (QED) is 0.753. The van der Waals surface area contributed by atoms with Crippen molar-refractivity contribution in [3.05, 3.63) is 35.4 Å².